The van der Waals surface area contributed by atoms with Gasteiger partial charge in [-0.05, 0) is 43.3 Å². The first-order valence-electron chi connectivity index (χ1n) is 5.76. The van der Waals surface area contributed by atoms with Crippen molar-refractivity contribution in [3.63, 3.8) is 0 Å². The third-order valence-corrected chi connectivity index (χ3v) is 3.99. The van der Waals surface area contributed by atoms with Crippen LogP contribution in [0.2, 0.25) is 0 Å². The third kappa shape index (κ3) is 4.19. The van der Waals surface area contributed by atoms with Gasteiger partial charge in [0.15, 0.2) is 0 Å². The SMILES string of the molecule is COc1cc(NC(=O)C(N)C(C)(C)C)c(Br)cc1Br. The highest BCUT2D eigenvalue weighted by Gasteiger charge is 2.27. The van der Waals surface area contributed by atoms with E-state index in [1.165, 1.54) is 0 Å². The largest absolute Gasteiger partial charge is 0.495 e. The Morgan fingerprint density at radius 1 is 1.32 bits per heavy atom. The van der Waals surface area contributed by atoms with Crippen LogP contribution in [0.5, 0.6) is 5.75 Å². The highest BCUT2D eigenvalue weighted by atomic mass is 79.9. The molecule has 6 heteroatoms. The molecule has 4 nitrogen and oxygen atoms in total. The Labute approximate surface area is 130 Å². The van der Waals surface area contributed by atoms with Crippen molar-refractivity contribution in [3.05, 3.63) is 21.1 Å². The monoisotopic (exact) mass is 392 g/mol. The van der Waals surface area contributed by atoms with E-state index in [0.717, 1.165) is 8.95 Å². The summed E-state index contributed by atoms with van der Waals surface area (Å²) in [6, 6.07) is 2.97. The van der Waals surface area contributed by atoms with Crippen molar-refractivity contribution in [1.29, 1.82) is 0 Å². The first-order chi connectivity index (χ1) is 8.66. The number of nitrogens with one attached hydrogen (secondary N) is 1. The molecule has 0 heterocycles. The molecule has 1 unspecified atom stereocenters. The summed E-state index contributed by atoms with van der Waals surface area (Å²) in [6.07, 6.45) is 0. The fourth-order valence-electron chi connectivity index (χ4n) is 1.39. The second-order valence-corrected chi connectivity index (χ2v) is 7.01. The Bertz CT molecular complexity index is 484. The molecule has 3 N–H and O–H groups in total. The van der Waals surface area contributed by atoms with Crippen LogP contribution in [0.25, 0.3) is 0 Å². The Morgan fingerprint density at radius 3 is 2.37 bits per heavy atom. The van der Waals surface area contributed by atoms with E-state index in [0.29, 0.717) is 11.4 Å². The second-order valence-electron chi connectivity index (χ2n) is 5.30. The molecule has 1 amide bonds. The molecule has 1 aromatic carbocycles. The Hall–Kier alpha value is -0.590. The Kier molecular flexibility index (Phi) is 5.41. The van der Waals surface area contributed by atoms with Crippen LogP contribution in [0.1, 0.15) is 20.8 Å². The van der Waals surface area contributed by atoms with Crippen molar-refractivity contribution < 1.29 is 9.53 Å². The van der Waals surface area contributed by atoms with Crippen molar-refractivity contribution in [1.82, 2.24) is 0 Å². The van der Waals surface area contributed by atoms with Crippen LogP contribution in [0, 0.1) is 5.41 Å². The number of hydrogen-bond donors (Lipinski definition) is 2. The molecule has 0 fully saturated rings. The van der Waals surface area contributed by atoms with Gasteiger partial charge < -0.3 is 15.8 Å². The molecular formula is C13H18Br2N2O2. The predicted octanol–water partition coefficient (Wildman–Crippen LogP) is 3.53. The van der Waals surface area contributed by atoms with Gasteiger partial charge in [-0.1, -0.05) is 20.8 Å². The smallest absolute Gasteiger partial charge is 0.241 e. The van der Waals surface area contributed by atoms with Crippen molar-refractivity contribution in [3.8, 4) is 5.75 Å². The average Bonchev–Trinajstić information content (AvgIpc) is 2.30. The van der Waals surface area contributed by atoms with Gasteiger partial charge in [-0.15, -0.1) is 0 Å². The predicted molar refractivity (Wildman–Crippen MR) is 84.5 cm³/mol. The minimum absolute atomic E-state index is 0.224. The van der Waals surface area contributed by atoms with Crippen LogP contribution in [0.15, 0.2) is 21.1 Å². The van der Waals surface area contributed by atoms with Crippen LogP contribution >= 0.6 is 31.9 Å². The summed E-state index contributed by atoms with van der Waals surface area (Å²) in [4.78, 5) is 12.1. The summed E-state index contributed by atoms with van der Waals surface area (Å²) in [5.74, 6) is 0.417. The summed E-state index contributed by atoms with van der Waals surface area (Å²) >= 11 is 6.77. The maximum atomic E-state index is 12.1. The lowest BCUT2D eigenvalue weighted by Crippen LogP contribution is -2.45. The highest BCUT2D eigenvalue weighted by molar-refractivity contribution is 9.11. The minimum Gasteiger partial charge on any atom is -0.495 e. The first kappa shape index (κ1) is 16.5. The third-order valence-electron chi connectivity index (χ3n) is 2.71. The van der Waals surface area contributed by atoms with Crippen LogP contribution in [0.3, 0.4) is 0 Å². The van der Waals surface area contributed by atoms with Gasteiger partial charge in [0.05, 0.1) is 23.3 Å². The number of amides is 1. The minimum atomic E-state index is -0.589. The van der Waals surface area contributed by atoms with Crippen molar-refractivity contribution in [2.75, 3.05) is 12.4 Å². The lowest BCUT2D eigenvalue weighted by atomic mass is 9.87. The Balaban J connectivity index is 2.97. The lowest BCUT2D eigenvalue weighted by molar-refractivity contribution is -0.119. The highest BCUT2D eigenvalue weighted by Crippen LogP contribution is 2.34. The van der Waals surface area contributed by atoms with E-state index in [1.807, 2.05) is 26.8 Å². The molecule has 1 atom stereocenters. The normalized spacial score (nSPS) is 13.0. The van der Waals surface area contributed by atoms with E-state index in [2.05, 4.69) is 37.2 Å². The molecule has 1 rings (SSSR count). The van der Waals surface area contributed by atoms with Gasteiger partial charge >= 0.3 is 0 Å². The molecule has 1 aromatic rings. The summed E-state index contributed by atoms with van der Waals surface area (Å²) in [6.45, 7) is 5.78. The molecule has 0 saturated carbocycles. The zero-order valence-corrected chi connectivity index (χ0v) is 14.6. The van der Waals surface area contributed by atoms with Gasteiger partial charge in [0.1, 0.15) is 5.75 Å². The second kappa shape index (κ2) is 6.24. The maximum Gasteiger partial charge on any atom is 0.241 e. The molecule has 0 aromatic heterocycles. The van der Waals surface area contributed by atoms with Gasteiger partial charge in [-0.3, -0.25) is 4.79 Å². The fraction of sp³-hybridized carbons (Fsp3) is 0.462. The van der Waals surface area contributed by atoms with Gasteiger partial charge in [0.25, 0.3) is 0 Å². The van der Waals surface area contributed by atoms with E-state index in [-0.39, 0.29) is 11.3 Å². The molecular weight excluding hydrogens is 376 g/mol. The molecule has 0 aliphatic rings. The quantitative estimate of drug-likeness (QED) is 0.825. The molecule has 19 heavy (non-hydrogen) atoms. The van der Waals surface area contributed by atoms with Gasteiger partial charge in [-0.25, -0.2) is 0 Å². The fourth-order valence-corrected chi connectivity index (χ4v) is 2.64. The van der Waals surface area contributed by atoms with Crippen molar-refractivity contribution in [2.45, 2.75) is 26.8 Å². The standard InChI is InChI=1S/C13H18Br2N2O2/c1-13(2,3)11(16)12(18)17-9-6-10(19-4)8(15)5-7(9)14/h5-6,11H,16H2,1-4H3,(H,17,18). The van der Waals surface area contributed by atoms with Crippen LogP contribution in [-0.2, 0) is 4.79 Å². The molecule has 0 radical (unpaired) electrons. The molecule has 0 bridgehead atoms. The van der Waals surface area contributed by atoms with E-state index >= 15 is 0 Å². The summed E-state index contributed by atoms with van der Waals surface area (Å²) in [7, 11) is 1.57. The van der Waals surface area contributed by atoms with Crippen molar-refractivity contribution in [2.24, 2.45) is 11.1 Å². The van der Waals surface area contributed by atoms with Gasteiger partial charge in [0.2, 0.25) is 5.91 Å². The first-order valence-corrected chi connectivity index (χ1v) is 7.35. The summed E-state index contributed by atoms with van der Waals surface area (Å²) in [5, 5.41) is 2.81. The Morgan fingerprint density at radius 2 is 1.89 bits per heavy atom. The molecule has 0 aliphatic carbocycles. The number of halogens is 2. The van der Waals surface area contributed by atoms with E-state index in [1.54, 1.807) is 13.2 Å². The molecule has 0 aliphatic heterocycles. The zero-order chi connectivity index (χ0) is 14.8. The van der Waals surface area contributed by atoms with E-state index < -0.39 is 6.04 Å². The summed E-state index contributed by atoms with van der Waals surface area (Å²) < 4.78 is 6.76. The topological polar surface area (TPSA) is 64.3 Å². The van der Waals surface area contributed by atoms with Crippen LogP contribution < -0.4 is 15.8 Å². The number of benzene rings is 1. The van der Waals surface area contributed by atoms with Gasteiger partial charge in [0, 0.05) is 10.5 Å². The number of anilines is 1. The molecule has 0 spiro atoms. The number of ether oxygens (including phenoxy) is 1. The number of carbonyl (C=O) groups excluding carboxylic acids is 1. The van der Waals surface area contributed by atoms with Crippen molar-refractivity contribution >= 4 is 43.5 Å². The number of carbonyl (C=O) groups is 1. The van der Waals surface area contributed by atoms with Gasteiger partial charge in [-0.2, -0.15) is 0 Å². The lowest BCUT2D eigenvalue weighted by Gasteiger charge is -2.26. The maximum absolute atomic E-state index is 12.1. The average molecular weight is 394 g/mol. The van der Waals surface area contributed by atoms with Crippen LogP contribution in [0.4, 0.5) is 5.69 Å². The number of rotatable bonds is 3. The van der Waals surface area contributed by atoms with Crippen LogP contribution in [-0.4, -0.2) is 19.1 Å². The number of nitrogens with two attached hydrogens (primary N) is 1. The van der Waals surface area contributed by atoms with E-state index in [4.69, 9.17) is 10.5 Å². The molecule has 0 saturated heterocycles. The molecule has 106 valence electrons. The van der Waals surface area contributed by atoms with E-state index in [9.17, 15) is 4.79 Å². The number of hydrogen-bond acceptors (Lipinski definition) is 3. The summed E-state index contributed by atoms with van der Waals surface area (Å²) in [5.41, 5.74) is 6.26. The zero-order valence-electron chi connectivity index (χ0n) is 11.4. The number of methoxy groups -OCH3 is 1.